The van der Waals surface area contributed by atoms with E-state index in [-0.39, 0.29) is 29.8 Å². The Morgan fingerprint density at radius 2 is 2.27 bits per heavy atom. The topological polar surface area (TPSA) is 78.1 Å². The SMILES string of the molecule is CCOC(=O)c1cc(Cl)nc(CN)n1.Cl. The van der Waals surface area contributed by atoms with Gasteiger partial charge in [0.05, 0.1) is 13.2 Å². The molecule has 1 rings (SSSR count). The minimum atomic E-state index is -0.522. The summed E-state index contributed by atoms with van der Waals surface area (Å²) in [5.41, 5.74) is 5.46. The number of hydrogen-bond donors (Lipinski definition) is 1. The van der Waals surface area contributed by atoms with Crippen molar-refractivity contribution >= 4 is 30.0 Å². The molecular formula is C8H11Cl2N3O2. The maximum Gasteiger partial charge on any atom is 0.357 e. The smallest absolute Gasteiger partial charge is 0.357 e. The van der Waals surface area contributed by atoms with Crippen molar-refractivity contribution < 1.29 is 9.53 Å². The second kappa shape index (κ2) is 6.55. The summed E-state index contributed by atoms with van der Waals surface area (Å²) >= 11 is 5.66. The molecule has 0 saturated carbocycles. The number of nitrogens with two attached hydrogens (primary N) is 1. The van der Waals surface area contributed by atoms with Gasteiger partial charge in [-0.2, -0.15) is 0 Å². The van der Waals surface area contributed by atoms with E-state index >= 15 is 0 Å². The molecule has 0 aliphatic rings. The molecule has 1 heterocycles. The van der Waals surface area contributed by atoms with Crippen LogP contribution in [0, 0.1) is 0 Å². The van der Waals surface area contributed by atoms with Gasteiger partial charge in [0.15, 0.2) is 5.69 Å². The molecule has 1 aromatic heterocycles. The lowest BCUT2D eigenvalue weighted by Crippen LogP contribution is -2.11. The average molecular weight is 252 g/mol. The first-order valence-electron chi connectivity index (χ1n) is 4.08. The predicted octanol–water partition coefficient (Wildman–Crippen LogP) is 1.19. The van der Waals surface area contributed by atoms with Crippen molar-refractivity contribution in [3.8, 4) is 0 Å². The molecule has 1 aromatic rings. The Morgan fingerprint density at radius 1 is 1.60 bits per heavy atom. The first kappa shape index (κ1) is 14.1. The number of esters is 1. The van der Waals surface area contributed by atoms with Gasteiger partial charge in [0.2, 0.25) is 0 Å². The van der Waals surface area contributed by atoms with E-state index in [2.05, 4.69) is 9.97 Å². The first-order valence-corrected chi connectivity index (χ1v) is 4.45. The highest BCUT2D eigenvalue weighted by Crippen LogP contribution is 2.08. The van der Waals surface area contributed by atoms with Crippen LogP contribution < -0.4 is 5.73 Å². The third-order valence-electron chi connectivity index (χ3n) is 1.41. The summed E-state index contributed by atoms with van der Waals surface area (Å²) in [4.78, 5) is 18.9. The molecule has 0 atom stereocenters. The molecule has 5 nitrogen and oxygen atoms in total. The van der Waals surface area contributed by atoms with Crippen LogP contribution in [0.25, 0.3) is 0 Å². The highest BCUT2D eigenvalue weighted by Gasteiger charge is 2.10. The number of aromatic nitrogens is 2. The van der Waals surface area contributed by atoms with E-state index in [0.29, 0.717) is 12.4 Å². The number of rotatable bonds is 3. The van der Waals surface area contributed by atoms with Crippen LogP contribution in [-0.2, 0) is 11.3 Å². The number of halogens is 2. The van der Waals surface area contributed by atoms with Crippen LogP contribution in [0.2, 0.25) is 5.15 Å². The fourth-order valence-electron chi connectivity index (χ4n) is 0.866. The van der Waals surface area contributed by atoms with Gasteiger partial charge in [-0.05, 0) is 6.92 Å². The Morgan fingerprint density at radius 3 is 2.80 bits per heavy atom. The van der Waals surface area contributed by atoms with Crippen molar-refractivity contribution in [1.29, 1.82) is 0 Å². The van der Waals surface area contributed by atoms with Crippen LogP contribution in [0.15, 0.2) is 6.07 Å². The molecule has 7 heteroatoms. The summed E-state index contributed by atoms with van der Waals surface area (Å²) < 4.78 is 4.75. The minimum Gasteiger partial charge on any atom is -0.461 e. The monoisotopic (exact) mass is 251 g/mol. The molecule has 0 spiro atoms. The summed E-state index contributed by atoms with van der Waals surface area (Å²) in [5.74, 6) is -0.202. The molecule has 15 heavy (non-hydrogen) atoms. The van der Waals surface area contributed by atoms with E-state index in [0.717, 1.165) is 0 Å². The molecule has 0 amide bonds. The van der Waals surface area contributed by atoms with Crippen molar-refractivity contribution in [3.05, 3.63) is 22.7 Å². The van der Waals surface area contributed by atoms with Crippen molar-refractivity contribution in [2.75, 3.05) is 6.61 Å². The predicted molar refractivity (Wildman–Crippen MR) is 58.1 cm³/mol. The van der Waals surface area contributed by atoms with Gasteiger partial charge in [0, 0.05) is 6.07 Å². The van der Waals surface area contributed by atoms with Crippen molar-refractivity contribution in [3.63, 3.8) is 0 Å². The van der Waals surface area contributed by atoms with Crippen LogP contribution in [0.3, 0.4) is 0 Å². The molecule has 0 aliphatic heterocycles. The van der Waals surface area contributed by atoms with E-state index in [1.807, 2.05) is 0 Å². The number of nitrogens with zero attached hydrogens (tertiary/aromatic N) is 2. The Labute approximate surface area is 98.4 Å². The van der Waals surface area contributed by atoms with Gasteiger partial charge in [0.1, 0.15) is 11.0 Å². The van der Waals surface area contributed by atoms with E-state index in [1.165, 1.54) is 6.07 Å². The second-order valence-corrected chi connectivity index (χ2v) is 2.80. The van der Waals surface area contributed by atoms with Gasteiger partial charge >= 0.3 is 5.97 Å². The van der Waals surface area contributed by atoms with Crippen LogP contribution in [-0.4, -0.2) is 22.5 Å². The van der Waals surface area contributed by atoms with Crippen molar-refractivity contribution in [2.24, 2.45) is 5.73 Å². The minimum absolute atomic E-state index is 0. The standard InChI is InChI=1S/C8H10ClN3O2.ClH/c1-2-14-8(13)5-3-6(9)12-7(4-10)11-5;/h3H,2,4,10H2,1H3;1H. The normalized spacial score (nSPS) is 9.27. The summed E-state index contributed by atoms with van der Waals surface area (Å²) in [6.07, 6.45) is 0. The highest BCUT2D eigenvalue weighted by molar-refractivity contribution is 6.29. The molecule has 84 valence electrons. The van der Waals surface area contributed by atoms with Gasteiger partial charge < -0.3 is 10.5 Å². The van der Waals surface area contributed by atoms with Gasteiger partial charge in [-0.3, -0.25) is 0 Å². The number of hydrogen-bond acceptors (Lipinski definition) is 5. The van der Waals surface area contributed by atoms with Crippen molar-refractivity contribution in [2.45, 2.75) is 13.5 Å². The van der Waals surface area contributed by atoms with Gasteiger partial charge in [-0.15, -0.1) is 12.4 Å². The largest absolute Gasteiger partial charge is 0.461 e. The Kier molecular flexibility index (Phi) is 6.15. The third kappa shape index (κ3) is 3.99. The second-order valence-electron chi connectivity index (χ2n) is 2.42. The van der Waals surface area contributed by atoms with E-state index in [9.17, 15) is 4.79 Å². The van der Waals surface area contributed by atoms with Crippen LogP contribution in [0.4, 0.5) is 0 Å². The highest BCUT2D eigenvalue weighted by atomic mass is 35.5. The molecule has 0 saturated heterocycles. The lowest BCUT2D eigenvalue weighted by molar-refractivity contribution is 0.0519. The Bertz CT molecular complexity index is 347. The summed E-state index contributed by atoms with van der Waals surface area (Å²) in [5, 5.41) is 0.184. The Balaban J connectivity index is 0.00000196. The quantitative estimate of drug-likeness (QED) is 0.645. The zero-order chi connectivity index (χ0) is 10.6. The molecule has 0 unspecified atom stereocenters. The summed E-state index contributed by atoms with van der Waals surface area (Å²) in [6, 6.07) is 1.35. The number of carbonyl (C=O) groups is 1. The van der Waals surface area contributed by atoms with Crippen LogP contribution in [0.1, 0.15) is 23.2 Å². The lowest BCUT2D eigenvalue weighted by Gasteiger charge is -2.02. The molecule has 0 aliphatic carbocycles. The van der Waals surface area contributed by atoms with Crippen LogP contribution >= 0.6 is 24.0 Å². The number of carbonyl (C=O) groups excluding carboxylic acids is 1. The average Bonchev–Trinajstić information content (AvgIpc) is 2.17. The Hall–Kier alpha value is -0.910. The molecular weight excluding hydrogens is 241 g/mol. The zero-order valence-corrected chi connectivity index (χ0v) is 9.64. The first-order chi connectivity index (χ1) is 6.67. The molecule has 2 N–H and O–H groups in total. The fourth-order valence-corrected chi connectivity index (χ4v) is 1.07. The third-order valence-corrected chi connectivity index (χ3v) is 1.60. The van der Waals surface area contributed by atoms with Crippen LogP contribution in [0.5, 0.6) is 0 Å². The molecule has 0 aromatic carbocycles. The maximum absolute atomic E-state index is 11.3. The van der Waals surface area contributed by atoms with E-state index in [1.54, 1.807) is 6.92 Å². The lowest BCUT2D eigenvalue weighted by atomic mass is 10.4. The van der Waals surface area contributed by atoms with E-state index < -0.39 is 5.97 Å². The fraction of sp³-hybridized carbons (Fsp3) is 0.375. The molecule has 0 fully saturated rings. The van der Waals surface area contributed by atoms with Gasteiger partial charge in [0.25, 0.3) is 0 Å². The number of ether oxygens (including phenoxy) is 1. The molecule has 0 bridgehead atoms. The summed E-state index contributed by atoms with van der Waals surface area (Å²) in [6.45, 7) is 2.13. The summed E-state index contributed by atoms with van der Waals surface area (Å²) in [7, 11) is 0. The molecule has 0 radical (unpaired) electrons. The maximum atomic E-state index is 11.3. The zero-order valence-electron chi connectivity index (χ0n) is 8.07. The van der Waals surface area contributed by atoms with E-state index in [4.69, 9.17) is 22.1 Å². The van der Waals surface area contributed by atoms with Crippen molar-refractivity contribution in [1.82, 2.24) is 9.97 Å². The van der Waals surface area contributed by atoms with Gasteiger partial charge in [-0.25, -0.2) is 14.8 Å². The van der Waals surface area contributed by atoms with Gasteiger partial charge in [-0.1, -0.05) is 11.6 Å².